The van der Waals surface area contributed by atoms with E-state index in [4.69, 9.17) is 0 Å². The fourth-order valence-corrected chi connectivity index (χ4v) is 2.01. The molecule has 0 aliphatic carbocycles. The van der Waals surface area contributed by atoms with Gasteiger partial charge >= 0.3 is 5.69 Å². The third-order valence-electron chi connectivity index (χ3n) is 3.27. The molecule has 0 aromatic carbocycles. The zero-order valence-corrected chi connectivity index (χ0v) is 11.6. The van der Waals surface area contributed by atoms with Gasteiger partial charge in [0, 0.05) is 18.9 Å². The highest BCUT2D eigenvalue weighted by Gasteiger charge is 2.10. The minimum absolute atomic E-state index is 0.0301. The Morgan fingerprint density at radius 2 is 2.10 bits per heavy atom. The van der Waals surface area contributed by atoms with Crippen molar-refractivity contribution < 1.29 is 4.79 Å². The average molecular weight is 278 g/mol. The van der Waals surface area contributed by atoms with Crippen molar-refractivity contribution in [1.82, 2.24) is 19.5 Å². The summed E-state index contributed by atoms with van der Waals surface area (Å²) in [5, 5.41) is 0. The lowest BCUT2D eigenvalue weighted by Crippen LogP contribution is -2.35. The molecule has 2 aromatic rings. The first-order valence-corrected chi connectivity index (χ1v) is 6.69. The Kier molecular flexibility index (Phi) is 4.16. The minimum Gasteiger partial charge on any atom is -0.339 e. The summed E-state index contributed by atoms with van der Waals surface area (Å²) in [5.41, 5.74) is -0.282. The van der Waals surface area contributed by atoms with Crippen molar-refractivity contribution >= 4 is 16.9 Å². The van der Waals surface area contributed by atoms with E-state index in [1.165, 1.54) is 6.33 Å². The molecule has 0 amide bonds. The van der Waals surface area contributed by atoms with Crippen LogP contribution in [0, 0.1) is 5.92 Å². The average Bonchev–Trinajstić information content (AvgIpc) is 2.85. The summed E-state index contributed by atoms with van der Waals surface area (Å²) < 4.78 is 1.14. The number of carbonyl (C=O) groups is 1. The van der Waals surface area contributed by atoms with Gasteiger partial charge in [0.25, 0.3) is 5.56 Å². The molecule has 0 unspecified atom stereocenters. The second kappa shape index (κ2) is 5.85. The highest BCUT2D eigenvalue weighted by molar-refractivity contribution is 5.80. The maximum absolute atomic E-state index is 12.1. The van der Waals surface area contributed by atoms with Gasteiger partial charge in [0.15, 0.2) is 5.65 Å². The van der Waals surface area contributed by atoms with E-state index in [1.54, 1.807) is 0 Å². The number of aromatic amines is 2. The van der Waals surface area contributed by atoms with E-state index in [0.717, 1.165) is 4.57 Å². The Bertz CT molecular complexity index is 723. The van der Waals surface area contributed by atoms with Crippen LogP contribution in [0.25, 0.3) is 11.2 Å². The van der Waals surface area contributed by atoms with E-state index in [0.29, 0.717) is 31.3 Å². The first-order valence-electron chi connectivity index (χ1n) is 6.69. The predicted octanol–water partition coefficient (Wildman–Crippen LogP) is 0.808. The van der Waals surface area contributed by atoms with Gasteiger partial charge in [-0.15, -0.1) is 0 Å². The molecular weight excluding hydrogens is 260 g/mol. The Hall–Kier alpha value is -2.18. The predicted molar refractivity (Wildman–Crippen MR) is 74.7 cm³/mol. The number of fused-ring (bicyclic) bond motifs is 1. The summed E-state index contributed by atoms with van der Waals surface area (Å²) in [4.78, 5) is 44.4. The van der Waals surface area contributed by atoms with E-state index < -0.39 is 5.69 Å². The lowest BCUT2D eigenvalue weighted by Gasteiger charge is -2.05. The van der Waals surface area contributed by atoms with Crippen molar-refractivity contribution in [3.05, 3.63) is 27.2 Å². The molecule has 0 spiro atoms. The van der Waals surface area contributed by atoms with E-state index >= 15 is 0 Å². The summed E-state index contributed by atoms with van der Waals surface area (Å²) in [5.74, 6) is 0.234. The number of nitrogens with zero attached hydrogens (tertiary/aromatic N) is 2. The molecule has 2 heterocycles. The molecule has 0 radical (unpaired) electrons. The number of hydrogen-bond donors (Lipinski definition) is 2. The van der Waals surface area contributed by atoms with Crippen LogP contribution in [0.15, 0.2) is 15.9 Å². The van der Waals surface area contributed by atoms with Gasteiger partial charge in [0.05, 0.1) is 6.33 Å². The van der Waals surface area contributed by atoms with E-state index in [1.807, 2.05) is 13.8 Å². The summed E-state index contributed by atoms with van der Waals surface area (Å²) in [6.45, 7) is 4.03. The molecule has 0 saturated carbocycles. The fourth-order valence-electron chi connectivity index (χ4n) is 2.01. The molecule has 0 aliphatic heterocycles. The second-order valence-corrected chi connectivity index (χ2v) is 5.09. The minimum atomic E-state index is -0.468. The van der Waals surface area contributed by atoms with Crippen LogP contribution >= 0.6 is 0 Å². The van der Waals surface area contributed by atoms with Gasteiger partial charge in [-0.1, -0.05) is 13.8 Å². The van der Waals surface area contributed by atoms with Gasteiger partial charge < -0.3 is 4.98 Å². The Balaban J connectivity index is 2.05. The molecule has 20 heavy (non-hydrogen) atoms. The number of Topliss-reactive ketones (excluding diaryl/α,β-unsaturated/α-hetero) is 1. The first kappa shape index (κ1) is 14.2. The highest BCUT2D eigenvalue weighted by Crippen LogP contribution is 2.05. The monoisotopic (exact) mass is 278 g/mol. The van der Waals surface area contributed by atoms with Crippen LogP contribution in [0.3, 0.4) is 0 Å². The fraction of sp³-hybridized carbons (Fsp3) is 0.538. The number of H-pyrrole nitrogens is 2. The number of imidazole rings is 1. The molecule has 0 bridgehead atoms. The van der Waals surface area contributed by atoms with E-state index in [-0.39, 0.29) is 22.9 Å². The van der Waals surface area contributed by atoms with E-state index in [2.05, 4.69) is 15.0 Å². The number of carbonyl (C=O) groups excluding carboxylic acids is 1. The molecule has 2 N–H and O–H groups in total. The van der Waals surface area contributed by atoms with Crippen molar-refractivity contribution in [2.45, 2.75) is 39.7 Å². The van der Waals surface area contributed by atoms with Gasteiger partial charge in [-0.05, 0) is 12.8 Å². The van der Waals surface area contributed by atoms with Crippen molar-refractivity contribution in [2.24, 2.45) is 5.92 Å². The maximum atomic E-state index is 12.1. The van der Waals surface area contributed by atoms with Crippen LogP contribution in [0.2, 0.25) is 0 Å². The molecule has 7 heteroatoms. The summed E-state index contributed by atoms with van der Waals surface area (Å²) in [6, 6.07) is 0. The summed E-state index contributed by atoms with van der Waals surface area (Å²) >= 11 is 0. The van der Waals surface area contributed by atoms with Gasteiger partial charge in [0.1, 0.15) is 11.3 Å². The quantitative estimate of drug-likeness (QED) is 0.763. The number of rotatable bonds is 6. The van der Waals surface area contributed by atoms with Crippen molar-refractivity contribution in [2.75, 3.05) is 0 Å². The maximum Gasteiger partial charge on any atom is 0.330 e. The summed E-state index contributed by atoms with van der Waals surface area (Å²) in [6.07, 6.45) is 3.13. The topological polar surface area (TPSA) is 101 Å². The Morgan fingerprint density at radius 3 is 2.80 bits per heavy atom. The van der Waals surface area contributed by atoms with Crippen molar-refractivity contribution in [3.8, 4) is 0 Å². The molecule has 7 nitrogen and oxygen atoms in total. The largest absolute Gasteiger partial charge is 0.339 e. The lowest BCUT2D eigenvalue weighted by molar-refractivity contribution is -0.122. The number of aromatic nitrogens is 4. The molecule has 0 aliphatic rings. The van der Waals surface area contributed by atoms with Crippen molar-refractivity contribution in [1.29, 1.82) is 0 Å². The molecular formula is C13H18N4O3. The SMILES string of the molecule is CC(C)C(=O)CCCCn1c(=O)[nH]c2nc[nH]c2c1=O. The van der Waals surface area contributed by atoms with Gasteiger partial charge in [-0.2, -0.15) is 0 Å². The Labute approximate surface area is 115 Å². The smallest absolute Gasteiger partial charge is 0.330 e. The van der Waals surface area contributed by atoms with Crippen LogP contribution in [0.4, 0.5) is 0 Å². The van der Waals surface area contributed by atoms with Crippen LogP contribution in [0.5, 0.6) is 0 Å². The van der Waals surface area contributed by atoms with Crippen LogP contribution in [0.1, 0.15) is 33.1 Å². The van der Waals surface area contributed by atoms with Crippen LogP contribution in [-0.2, 0) is 11.3 Å². The van der Waals surface area contributed by atoms with Gasteiger partial charge in [0.2, 0.25) is 0 Å². The van der Waals surface area contributed by atoms with Gasteiger partial charge in [-0.25, -0.2) is 9.78 Å². The zero-order valence-electron chi connectivity index (χ0n) is 11.6. The summed E-state index contributed by atoms with van der Waals surface area (Å²) in [7, 11) is 0. The van der Waals surface area contributed by atoms with Crippen LogP contribution < -0.4 is 11.2 Å². The third kappa shape index (κ3) is 2.87. The molecule has 0 saturated heterocycles. The lowest BCUT2D eigenvalue weighted by atomic mass is 10.0. The van der Waals surface area contributed by atoms with Crippen LogP contribution in [-0.4, -0.2) is 25.3 Å². The third-order valence-corrected chi connectivity index (χ3v) is 3.27. The number of nitrogens with one attached hydrogen (secondary N) is 2. The normalized spacial score (nSPS) is 11.3. The van der Waals surface area contributed by atoms with Crippen molar-refractivity contribution in [3.63, 3.8) is 0 Å². The van der Waals surface area contributed by atoms with E-state index in [9.17, 15) is 14.4 Å². The zero-order chi connectivity index (χ0) is 14.7. The molecule has 2 rings (SSSR count). The molecule has 2 aromatic heterocycles. The molecule has 0 atom stereocenters. The number of unbranched alkanes of at least 4 members (excludes halogenated alkanes) is 1. The number of hydrogen-bond acceptors (Lipinski definition) is 4. The number of ketones is 1. The van der Waals surface area contributed by atoms with Gasteiger partial charge in [-0.3, -0.25) is 19.1 Å². The molecule has 108 valence electrons. The standard InChI is InChI=1S/C13H18N4O3/c1-8(2)9(18)5-3-4-6-17-12(19)10-11(15-7-14-10)16-13(17)20/h7-8H,3-6H2,1-2H3,(H,14,15)(H,16,20). The molecule has 0 fully saturated rings. The second-order valence-electron chi connectivity index (χ2n) is 5.09. The highest BCUT2D eigenvalue weighted by atomic mass is 16.2. The first-order chi connectivity index (χ1) is 9.50. The Morgan fingerprint density at radius 1 is 1.35 bits per heavy atom.